The maximum Gasteiger partial charge on any atom is 0.285 e. The van der Waals surface area contributed by atoms with Crippen molar-refractivity contribution >= 4 is 29.1 Å². The van der Waals surface area contributed by atoms with Crippen LogP contribution in [-0.2, 0) is 9.59 Å². The topological polar surface area (TPSA) is 109 Å². The molecule has 0 bridgehead atoms. The lowest BCUT2D eigenvalue weighted by Gasteiger charge is -2.24. The number of benzene rings is 2. The van der Waals surface area contributed by atoms with E-state index in [0.717, 1.165) is 24.0 Å². The number of hydrazone groups is 1. The molecule has 3 rings (SSSR count). The van der Waals surface area contributed by atoms with Crippen molar-refractivity contribution in [2.24, 2.45) is 5.10 Å². The minimum Gasteiger partial charge on any atom is -0.493 e. The number of rotatable bonds is 8. The number of carbonyl (C=O) groups excluding carboxylic acids is 3. The van der Waals surface area contributed by atoms with Gasteiger partial charge in [-0.2, -0.15) is 5.10 Å². The molecule has 180 valence electrons. The first-order valence-electron chi connectivity index (χ1n) is 11.2. The molecule has 0 aromatic heterocycles. The number of ether oxygens (including phenoxy) is 2. The average Bonchev–Trinajstić information content (AvgIpc) is 2.84. The maximum atomic E-state index is 12.7. The van der Waals surface area contributed by atoms with Gasteiger partial charge in [0.1, 0.15) is 5.71 Å². The van der Waals surface area contributed by atoms with Crippen LogP contribution in [0, 0.1) is 13.8 Å². The summed E-state index contributed by atoms with van der Waals surface area (Å²) in [6.07, 6.45) is 2.24. The molecule has 1 heterocycles. The highest BCUT2D eigenvalue weighted by Gasteiger charge is 2.27. The van der Waals surface area contributed by atoms with Crippen LogP contribution in [0.25, 0.3) is 0 Å². The van der Waals surface area contributed by atoms with Crippen molar-refractivity contribution in [1.29, 1.82) is 0 Å². The Kier molecular flexibility index (Phi) is 8.24. The summed E-state index contributed by atoms with van der Waals surface area (Å²) >= 11 is 0. The van der Waals surface area contributed by atoms with Crippen molar-refractivity contribution in [2.45, 2.75) is 46.5 Å². The van der Waals surface area contributed by atoms with Gasteiger partial charge in [-0.05, 0) is 55.7 Å². The molecule has 9 heteroatoms. The van der Waals surface area contributed by atoms with Gasteiger partial charge < -0.3 is 9.47 Å². The molecule has 0 saturated heterocycles. The zero-order chi connectivity index (χ0) is 24.7. The van der Waals surface area contributed by atoms with Crippen molar-refractivity contribution in [3.05, 3.63) is 53.1 Å². The Morgan fingerprint density at radius 3 is 2.53 bits per heavy atom. The number of unbranched alkanes of at least 4 members (excludes halogenated alkanes) is 1. The largest absolute Gasteiger partial charge is 0.493 e. The molecule has 0 saturated carbocycles. The minimum absolute atomic E-state index is 0.143. The zero-order valence-corrected chi connectivity index (χ0v) is 19.9. The van der Waals surface area contributed by atoms with Gasteiger partial charge in [0.25, 0.3) is 11.8 Å². The van der Waals surface area contributed by atoms with Crippen LogP contribution >= 0.6 is 0 Å². The van der Waals surface area contributed by atoms with Crippen LogP contribution < -0.4 is 25.3 Å². The van der Waals surface area contributed by atoms with Gasteiger partial charge in [0.15, 0.2) is 11.5 Å². The number of methoxy groups -OCH3 is 1. The third-order valence-corrected chi connectivity index (χ3v) is 5.36. The molecule has 0 atom stereocenters. The van der Waals surface area contributed by atoms with Crippen molar-refractivity contribution in [2.75, 3.05) is 18.7 Å². The van der Waals surface area contributed by atoms with E-state index in [4.69, 9.17) is 9.47 Å². The predicted molar refractivity (Wildman–Crippen MR) is 129 cm³/mol. The number of carbonyl (C=O) groups is 3. The number of amides is 3. The van der Waals surface area contributed by atoms with Crippen LogP contribution in [0.2, 0.25) is 0 Å². The van der Waals surface area contributed by atoms with Crippen molar-refractivity contribution in [3.8, 4) is 11.5 Å². The lowest BCUT2D eigenvalue weighted by molar-refractivity contribution is -0.119. The molecule has 9 nitrogen and oxygen atoms in total. The highest BCUT2D eigenvalue weighted by molar-refractivity contribution is 6.40. The Morgan fingerprint density at radius 2 is 1.79 bits per heavy atom. The van der Waals surface area contributed by atoms with Crippen LogP contribution in [-0.4, -0.2) is 37.1 Å². The van der Waals surface area contributed by atoms with Gasteiger partial charge >= 0.3 is 0 Å². The zero-order valence-electron chi connectivity index (χ0n) is 19.9. The van der Waals surface area contributed by atoms with Crippen LogP contribution in [0.4, 0.5) is 5.69 Å². The second-order valence-electron chi connectivity index (χ2n) is 8.02. The summed E-state index contributed by atoms with van der Waals surface area (Å²) in [5.41, 5.74) is 7.68. The standard InChI is InChI=1S/C25H30N4O5/c1-5-6-13-34-21-11-9-18(15-22(21)33-4)24(31)26-27-25(32)19-10-12-23(30)29(28-19)20-14-16(2)7-8-17(20)3/h7-9,11,14-15H,5-6,10,12-13H2,1-4H3,(H,26,31)(H,27,32). The highest BCUT2D eigenvalue weighted by atomic mass is 16.5. The summed E-state index contributed by atoms with van der Waals surface area (Å²) < 4.78 is 11.0. The molecule has 2 aromatic rings. The molecule has 3 amide bonds. The van der Waals surface area contributed by atoms with E-state index in [2.05, 4.69) is 22.9 Å². The Labute approximate surface area is 199 Å². The molecule has 1 aliphatic rings. The van der Waals surface area contributed by atoms with Crippen molar-refractivity contribution < 1.29 is 23.9 Å². The SMILES string of the molecule is CCCCOc1ccc(C(=O)NNC(=O)C2=NN(c3cc(C)ccc3C)C(=O)CC2)cc1OC. The van der Waals surface area contributed by atoms with Gasteiger partial charge in [0.2, 0.25) is 5.91 Å². The fourth-order valence-electron chi connectivity index (χ4n) is 3.36. The summed E-state index contributed by atoms with van der Waals surface area (Å²) in [6, 6.07) is 10.5. The first-order valence-corrected chi connectivity index (χ1v) is 11.2. The third-order valence-electron chi connectivity index (χ3n) is 5.36. The fourth-order valence-corrected chi connectivity index (χ4v) is 3.36. The maximum absolute atomic E-state index is 12.7. The first-order chi connectivity index (χ1) is 16.3. The van der Waals surface area contributed by atoms with Crippen LogP contribution in [0.3, 0.4) is 0 Å². The number of hydrogen-bond acceptors (Lipinski definition) is 6. The number of anilines is 1. The number of aryl methyl sites for hydroxylation is 2. The lowest BCUT2D eigenvalue weighted by atomic mass is 10.1. The highest BCUT2D eigenvalue weighted by Crippen LogP contribution is 2.28. The van der Waals surface area contributed by atoms with Crippen molar-refractivity contribution in [1.82, 2.24) is 10.9 Å². The molecule has 34 heavy (non-hydrogen) atoms. The summed E-state index contributed by atoms with van der Waals surface area (Å²) in [7, 11) is 1.50. The lowest BCUT2D eigenvalue weighted by Crippen LogP contribution is -2.47. The molecule has 0 fully saturated rings. The Bertz CT molecular complexity index is 1110. The van der Waals surface area contributed by atoms with E-state index in [9.17, 15) is 14.4 Å². The average molecular weight is 467 g/mol. The van der Waals surface area contributed by atoms with E-state index >= 15 is 0 Å². The predicted octanol–water partition coefficient (Wildman–Crippen LogP) is 3.43. The van der Waals surface area contributed by atoms with E-state index < -0.39 is 11.8 Å². The summed E-state index contributed by atoms with van der Waals surface area (Å²) in [6.45, 7) is 6.42. The molecule has 2 aromatic carbocycles. The van der Waals surface area contributed by atoms with Gasteiger partial charge in [0, 0.05) is 18.4 Å². The van der Waals surface area contributed by atoms with E-state index in [-0.39, 0.29) is 30.0 Å². The van der Waals surface area contributed by atoms with E-state index in [0.29, 0.717) is 23.8 Å². The van der Waals surface area contributed by atoms with E-state index in [1.54, 1.807) is 18.2 Å². The second kappa shape index (κ2) is 11.3. The number of nitrogens with zero attached hydrogens (tertiary/aromatic N) is 2. The van der Waals surface area contributed by atoms with Gasteiger partial charge in [-0.3, -0.25) is 25.2 Å². The molecular formula is C25H30N4O5. The summed E-state index contributed by atoms with van der Waals surface area (Å²) in [4.78, 5) is 37.7. The number of hydrogen-bond donors (Lipinski definition) is 2. The first kappa shape index (κ1) is 24.8. The number of hydrazine groups is 1. The molecule has 0 unspecified atom stereocenters. The van der Waals surface area contributed by atoms with Crippen molar-refractivity contribution in [3.63, 3.8) is 0 Å². The summed E-state index contributed by atoms with van der Waals surface area (Å²) in [5, 5.41) is 5.52. The Balaban J connectivity index is 1.67. The molecule has 0 aliphatic carbocycles. The Hall–Kier alpha value is -3.88. The Morgan fingerprint density at radius 1 is 1.03 bits per heavy atom. The van der Waals surface area contributed by atoms with Gasteiger partial charge in [0.05, 0.1) is 19.4 Å². The smallest absolute Gasteiger partial charge is 0.285 e. The summed E-state index contributed by atoms with van der Waals surface area (Å²) in [5.74, 6) is -0.324. The molecule has 0 radical (unpaired) electrons. The molecular weight excluding hydrogens is 436 g/mol. The monoisotopic (exact) mass is 466 g/mol. The quantitative estimate of drug-likeness (QED) is 0.458. The minimum atomic E-state index is -0.581. The van der Waals surface area contributed by atoms with Crippen LogP contribution in [0.5, 0.6) is 11.5 Å². The number of nitrogens with one attached hydrogen (secondary N) is 2. The third kappa shape index (κ3) is 5.92. The molecule has 1 aliphatic heterocycles. The van der Waals surface area contributed by atoms with Gasteiger partial charge in [-0.25, -0.2) is 5.01 Å². The molecule has 2 N–H and O–H groups in total. The van der Waals surface area contributed by atoms with E-state index in [1.165, 1.54) is 12.1 Å². The van der Waals surface area contributed by atoms with E-state index in [1.807, 2.05) is 32.0 Å². The van der Waals surface area contributed by atoms with Crippen LogP contribution in [0.1, 0.15) is 54.1 Å². The van der Waals surface area contributed by atoms with Gasteiger partial charge in [-0.15, -0.1) is 0 Å². The van der Waals surface area contributed by atoms with Gasteiger partial charge in [-0.1, -0.05) is 25.5 Å². The second-order valence-corrected chi connectivity index (χ2v) is 8.02. The normalized spacial score (nSPS) is 13.2. The fraction of sp³-hybridized carbons (Fsp3) is 0.360. The molecule has 0 spiro atoms. The van der Waals surface area contributed by atoms with Crippen LogP contribution in [0.15, 0.2) is 41.5 Å².